The van der Waals surface area contributed by atoms with Crippen LogP contribution < -0.4 is 9.64 Å². The maximum absolute atomic E-state index is 13.0. The number of nitrogens with zero attached hydrogens (tertiary/aromatic N) is 1. The largest absolute Gasteiger partial charge is 0.501 e. The average molecular weight is 329 g/mol. The van der Waals surface area contributed by atoms with Gasteiger partial charge in [-0.1, -0.05) is 6.07 Å². The summed E-state index contributed by atoms with van der Waals surface area (Å²) in [7, 11) is 3.33. The standard InChI is InChI=1S/C16H18F3NO3/c1-5-22-15-13(21)12(14(23-15)20(3)4)11-8-10(16(17,18)19)7-6-9(11)2/h6-8,21H,5H2,1-4H3. The highest BCUT2D eigenvalue weighted by molar-refractivity contribution is 5.84. The molecule has 0 radical (unpaired) electrons. The van der Waals surface area contributed by atoms with Gasteiger partial charge in [-0.05, 0) is 37.1 Å². The summed E-state index contributed by atoms with van der Waals surface area (Å²) >= 11 is 0. The summed E-state index contributed by atoms with van der Waals surface area (Å²) in [6, 6.07) is 3.38. The maximum Gasteiger partial charge on any atom is 0.416 e. The van der Waals surface area contributed by atoms with Crippen LogP contribution >= 0.6 is 0 Å². The molecule has 0 aliphatic carbocycles. The lowest BCUT2D eigenvalue weighted by atomic mass is 9.98. The Morgan fingerprint density at radius 2 is 1.91 bits per heavy atom. The molecule has 2 aromatic rings. The zero-order valence-corrected chi connectivity index (χ0v) is 13.3. The summed E-state index contributed by atoms with van der Waals surface area (Å²) in [5.41, 5.74) is 0.222. The Morgan fingerprint density at radius 3 is 2.43 bits per heavy atom. The molecule has 0 fully saturated rings. The first kappa shape index (κ1) is 17.1. The summed E-state index contributed by atoms with van der Waals surface area (Å²) < 4.78 is 49.6. The summed E-state index contributed by atoms with van der Waals surface area (Å²) in [6.45, 7) is 3.64. The highest BCUT2D eigenvalue weighted by Crippen LogP contribution is 2.48. The van der Waals surface area contributed by atoms with Crippen LogP contribution in [0.5, 0.6) is 11.7 Å². The Kier molecular flexibility index (Phi) is 4.49. The number of benzene rings is 1. The van der Waals surface area contributed by atoms with Crippen molar-refractivity contribution in [2.75, 3.05) is 25.6 Å². The first-order valence-corrected chi connectivity index (χ1v) is 7.00. The molecule has 1 N–H and O–H groups in total. The lowest BCUT2D eigenvalue weighted by Crippen LogP contribution is -2.09. The lowest BCUT2D eigenvalue weighted by molar-refractivity contribution is -0.137. The average Bonchev–Trinajstić information content (AvgIpc) is 2.76. The zero-order valence-electron chi connectivity index (χ0n) is 13.3. The summed E-state index contributed by atoms with van der Waals surface area (Å²) in [5, 5.41) is 10.3. The van der Waals surface area contributed by atoms with E-state index in [0.717, 1.165) is 12.1 Å². The number of rotatable bonds is 4. The Morgan fingerprint density at radius 1 is 1.26 bits per heavy atom. The van der Waals surface area contributed by atoms with Crippen molar-refractivity contribution in [3.05, 3.63) is 29.3 Å². The first-order chi connectivity index (χ1) is 10.7. The van der Waals surface area contributed by atoms with Gasteiger partial charge >= 0.3 is 12.1 Å². The van der Waals surface area contributed by atoms with Crippen molar-refractivity contribution in [1.82, 2.24) is 0 Å². The smallest absolute Gasteiger partial charge is 0.416 e. The van der Waals surface area contributed by atoms with Crippen molar-refractivity contribution in [3.63, 3.8) is 0 Å². The van der Waals surface area contributed by atoms with Crippen LogP contribution in [0.25, 0.3) is 11.1 Å². The topological polar surface area (TPSA) is 45.8 Å². The van der Waals surface area contributed by atoms with E-state index in [2.05, 4.69) is 0 Å². The highest BCUT2D eigenvalue weighted by Gasteiger charge is 2.32. The van der Waals surface area contributed by atoms with Gasteiger partial charge in [-0.15, -0.1) is 0 Å². The van der Waals surface area contributed by atoms with Crippen molar-refractivity contribution >= 4 is 5.88 Å². The van der Waals surface area contributed by atoms with Crippen molar-refractivity contribution in [3.8, 4) is 22.8 Å². The number of halogens is 3. The van der Waals surface area contributed by atoms with Crippen LogP contribution in [0.15, 0.2) is 22.6 Å². The van der Waals surface area contributed by atoms with E-state index in [1.807, 2.05) is 0 Å². The minimum Gasteiger partial charge on any atom is -0.501 e. The van der Waals surface area contributed by atoms with Crippen LogP contribution in [0.3, 0.4) is 0 Å². The van der Waals surface area contributed by atoms with Gasteiger partial charge in [0.15, 0.2) is 0 Å². The van der Waals surface area contributed by atoms with Crippen LogP contribution in [-0.4, -0.2) is 25.8 Å². The number of alkyl halides is 3. The van der Waals surface area contributed by atoms with E-state index in [1.165, 1.54) is 6.07 Å². The van der Waals surface area contributed by atoms with E-state index < -0.39 is 11.7 Å². The minimum absolute atomic E-state index is 0.108. The third-order valence-corrected chi connectivity index (χ3v) is 3.35. The Balaban J connectivity index is 2.70. The van der Waals surface area contributed by atoms with Crippen molar-refractivity contribution in [2.24, 2.45) is 0 Å². The Labute approximate surface area is 132 Å². The molecule has 0 aliphatic rings. The van der Waals surface area contributed by atoms with E-state index in [1.54, 1.807) is 32.8 Å². The summed E-state index contributed by atoms with van der Waals surface area (Å²) in [5.74, 6) is -0.186. The molecule has 4 nitrogen and oxygen atoms in total. The van der Waals surface area contributed by atoms with Gasteiger partial charge in [-0.25, -0.2) is 0 Å². The van der Waals surface area contributed by atoms with Crippen LogP contribution in [0.4, 0.5) is 19.1 Å². The molecule has 1 aromatic carbocycles. The van der Waals surface area contributed by atoms with E-state index in [4.69, 9.17) is 9.15 Å². The highest BCUT2D eigenvalue weighted by atomic mass is 19.4. The quantitative estimate of drug-likeness (QED) is 0.900. The molecule has 1 aromatic heterocycles. The second-order valence-electron chi connectivity index (χ2n) is 5.27. The fourth-order valence-corrected chi connectivity index (χ4v) is 2.24. The molecule has 0 spiro atoms. The van der Waals surface area contributed by atoms with E-state index in [9.17, 15) is 18.3 Å². The molecule has 126 valence electrons. The number of ether oxygens (including phenoxy) is 1. The molecule has 0 atom stereocenters. The van der Waals surface area contributed by atoms with Gasteiger partial charge in [0.1, 0.15) is 0 Å². The number of hydrogen-bond donors (Lipinski definition) is 1. The van der Waals surface area contributed by atoms with Crippen LogP contribution in [0.2, 0.25) is 0 Å². The molecule has 0 bridgehead atoms. The van der Waals surface area contributed by atoms with Gasteiger partial charge in [-0.3, -0.25) is 0 Å². The van der Waals surface area contributed by atoms with Crippen LogP contribution in [0, 0.1) is 6.92 Å². The van der Waals surface area contributed by atoms with Gasteiger partial charge in [0.05, 0.1) is 17.7 Å². The minimum atomic E-state index is -4.47. The van der Waals surface area contributed by atoms with Crippen molar-refractivity contribution in [1.29, 1.82) is 0 Å². The molecular weight excluding hydrogens is 311 g/mol. The monoisotopic (exact) mass is 329 g/mol. The molecule has 0 saturated carbocycles. The van der Waals surface area contributed by atoms with E-state index in [-0.39, 0.29) is 35.3 Å². The van der Waals surface area contributed by atoms with Gasteiger partial charge in [0.25, 0.3) is 0 Å². The molecule has 2 rings (SSSR count). The third kappa shape index (κ3) is 3.23. The lowest BCUT2D eigenvalue weighted by Gasteiger charge is -2.14. The van der Waals surface area contributed by atoms with Crippen LogP contribution in [-0.2, 0) is 6.18 Å². The van der Waals surface area contributed by atoms with Crippen molar-refractivity contribution < 1.29 is 27.4 Å². The van der Waals surface area contributed by atoms with Gasteiger partial charge in [0.2, 0.25) is 11.6 Å². The Bertz CT molecular complexity index is 705. The number of furan rings is 1. The normalized spacial score (nSPS) is 11.6. The molecular formula is C16H18F3NO3. The molecule has 0 amide bonds. The number of anilines is 1. The molecule has 0 unspecified atom stereocenters. The van der Waals surface area contributed by atoms with Crippen LogP contribution in [0.1, 0.15) is 18.1 Å². The SMILES string of the molecule is CCOc1oc(N(C)C)c(-c2cc(C(F)(F)F)ccc2C)c1O. The van der Waals surface area contributed by atoms with E-state index >= 15 is 0 Å². The zero-order chi connectivity index (χ0) is 17.4. The predicted octanol–water partition coefficient (Wildman–Crippen LogP) is 4.44. The van der Waals surface area contributed by atoms with Gasteiger partial charge < -0.3 is 19.2 Å². The number of hydrogen-bond acceptors (Lipinski definition) is 4. The van der Waals surface area contributed by atoms with E-state index in [0.29, 0.717) is 5.56 Å². The second-order valence-corrected chi connectivity index (χ2v) is 5.27. The molecule has 1 heterocycles. The Hall–Kier alpha value is -2.31. The molecule has 0 aliphatic heterocycles. The second kappa shape index (κ2) is 6.06. The third-order valence-electron chi connectivity index (χ3n) is 3.35. The predicted molar refractivity (Wildman–Crippen MR) is 81.0 cm³/mol. The summed E-state index contributed by atoms with van der Waals surface area (Å²) in [6.07, 6.45) is -4.47. The number of aryl methyl sites for hydroxylation is 1. The first-order valence-electron chi connectivity index (χ1n) is 7.00. The van der Waals surface area contributed by atoms with Crippen molar-refractivity contribution in [2.45, 2.75) is 20.0 Å². The molecule has 23 heavy (non-hydrogen) atoms. The number of aromatic hydroxyl groups is 1. The van der Waals surface area contributed by atoms with Gasteiger partial charge in [-0.2, -0.15) is 13.2 Å². The fraction of sp³-hybridized carbons (Fsp3) is 0.375. The maximum atomic E-state index is 13.0. The van der Waals surface area contributed by atoms with Gasteiger partial charge in [0, 0.05) is 14.1 Å². The molecule has 0 saturated heterocycles. The summed E-state index contributed by atoms with van der Waals surface area (Å²) in [4.78, 5) is 1.57. The fourth-order valence-electron chi connectivity index (χ4n) is 2.24. The molecule has 7 heteroatoms.